The summed E-state index contributed by atoms with van der Waals surface area (Å²) < 4.78 is 22.8. The molecule has 31 heavy (non-hydrogen) atoms. The first kappa shape index (κ1) is 21.9. The third-order valence-corrected chi connectivity index (χ3v) is 4.62. The standard InChI is InChI=1S/C22H21FN2O6/c1-2-30-21(28)14-3-9-18(10-4-14)25-12-15(11-20(25)27)22(29)31-13-19(26)24-17-7-5-16(23)6-8-17/h3-10,15H,2,11-13H2,1H3,(H,24,26)/t15-/m1/s1. The predicted molar refractivity (Wildman–Crippen MR) is 109 cm³/mol. The fraction of sp³-hybridized carbons (Fsp3) is 0.273. The number of benzene rings is 2. The molecule has 0 saturated carbocycles. The van der Waals surface area contributed by atoms with Crippen LogP contribution >= 0.6 is 0 Å². The van der Waals surface area contributed by atoms with Gasteiger partial charge in [0, 0.05) is 24.3 Å². The van der Waals surface area contributed by atoms with Crippen LogP contribution in [0.5, 0.6) is 0 Å². The first-order chi connectivity index (χ1) is 14.9. The summed E-state index contributed by atoms with van der Waals surface area (Å²) >= 11 is 0. The molecule has 0 spiro atoms. The number of ether oxygens (including phenoxy) is 2. The van der Waals surface area contributed by atoms with Gasteiger partial charge in [0.25, 0.3) is 5.91 Å². The zero-order valence-electron chi connectivity index (χ0n) is 16.8. The minimum Gasteiger partial charge on any atom is -0.462 e. The van der Waals surface area contributed by atoms with Gasteiger partial charge in [-0.05, 0) is 55.5 Å². The molecule has 2 amide bonds. The number of nitrogens with zero attached hydrogens (tertiary/aromatic N) is 1. The molecule has 1 aliphatic heterocycles. The molecule has 0 bridgehead atoms. The lowest BCUT2D eigenvalue weighted by atomic mass is 10.1. The van der Waals surface area contributed by atoms with E-state index >= 15 is 0 Å². The average molecular weight is 428 g/mol. The van der Waals surface area contributed by atoms with Crippen molar-refractivity contribution in [3.63, 3.8) is 0 Å². The number of amides is 2. The molecule has 0 unspecified atom stereocenters. The zero-order chi connectivity index (χ0) is 22.4. The van der Waals surface area contributed by atoms with E-state index in [1.165, 1.54) is 29.2 Å². The van der Waals surface area contributed by atoms with Crippen LogP contribution in [0.25, 0.3) is 0 Å². The number of hydrogen-bond donors (Lipinski definition) is 1. The average Bonchev–Trinajstić information content (AvgIpc) is 3.15. The number of halogens is 1. The van der Waals surface area contributed by atoms with E-state index in [1.807, 2.05) is 0 Å². The van der Waals surface area contributed by atoms with Crippen LogP contribution in [0.1, 0.15) is 23.7 Å². The van der Waals surface area contributed by atoms with Gasteiger partial charge in [-0.15, -0.1) is 0 Å². The van der Waals surface area contributed by atoms with E-state index in [0.29, 0.717) is 16.9 Å². The maximum atomic E-state index is 12.9. The summed E-state index contributed by atoms with van der Waals surface area (Å²) in [5.74, 6) is -3.10. The number of anilines is 2. The van der Waals surface area contributed by atoms with Gasteiger partial charge in [0.1, 0.15) is 5.82 Å². The Bertz CT molecular complexity index is 975. The first-order valence-corrected chi connectivity index (χ1v) is 9.67. The highest BCUT2D eigenvalue weighted by Gasteiger charge is 2.36. The lowest BCUT2D eigenvalue weighted by molar-refractivity contribution is -0.151. The highest BCUT2D eigenvalue weighted by atomic mass is 19.1. The number of esters is 2. The van der Waals surface area contributed by atoms with Crippen molar-refractivity contribution >= 4 is 35.1 Å². The molecular weight excluding hydrogens is 407 g/mol. The third-order valence-electron chi connectivity index (χ3n) is 4.62. The van der Waals surface area contributed by atoms with Crippen molar-refractivity contribution in [1.29, 1.82) is 0 Å². The highest BCUT2D eigenvalue weighted by Crippen LogP contribution is 2.26. The van der Waals surface area contributed by atoms with Gasteiger partial charge in [-0.2, -0.15) is 0 Å². The van der Waals surface area contributed by atoms with Gasteiger partial charge in [-0.3, -0.25) is 14.4 Å². The zero-order valence-corrected chi connectivity index (χ0v) is 16.8. The van der Waals surface area contributed by atoms with Crippen molar-refractivity contribution in [3.05, 3.63) is 59.9 Å². The molecule has 1 aliphatic rings. The van der Waals surface area contributed by atoms with Crippen LogP contribution in [-0.4, -0.2) is 43.5 Å². The maximum absolute atomic E-state index is 12.9. The van der Waals surface area contributed by atoms with Gasteiger partial charge in [-0.25, -0.2) is 9.18 Å². The molecule has 1 saturated heterocycles. The van der Waals surface area contributed by atoms with Crippen LogP contribution in [0, 0.1) is 11.7 Å². The SMILES string of the molecule is CCOC(=O)c1ccc(N2C[C@H](C(=O)OCC(=O)Nc3ccc(F)cc3)CC2=O)cc1. The lowest BCUT2D eigenvalue weighted by Gasteiger charge is -2.17. The van der Waals surface area contributed by atoms with Gasteiger partial charge in [0.15, 0.2) is 6.61 Å². The largest absolute Gasteiger partial charge is 0.462 e. The van der Waals surface area contributed by atoms with E-state index in [2.05, 4.69) is 5.32 Å². The molecule has 3 rings (SSSR count). The van der Waals surface area contributed by atoms with E-state index < -0.39 is 36.2 Å². The quantitative estimate of drug-likeness (QED) is 0.680. The van der Waals surface area contributed by atoms with Gasteiger partial charge in [-0.1, -0.05) is 0 Å². The molecule has 2 aromatic rings. The molecule has 0 aliphatic carbocycles. The highest BCUT2D eigenvalue weighted by molar-refractivity contribution is 6.00. The van der Waals surface area contributed by atoms with Crippen molar-refractivity contribution in [2.45, 2.75) is 13.3 Å². The molecule has 9 heteroatoms. The fourth-order valence-electron chi connectivity index (χ4n) is 3.09. The van der Waals surface area contributed by atoms with Crippen LogP contribution in [-0.2, 0) is 23.9 Å². The topological polar surface area (TPSA) is 102 Å². The Labute approximate surface area is 177 Å². The van der Waals surface area contributed by atoms with Gasteiger partial charge in [0.05, 0.1) is 18.1 Å². The monoisotopic (exact) mass is 428 g/mol. The van der Waals surface area contributed by atoms with Crippen LogP contribution in [0.4, 0.5) is 15.8 Å². The summed E-state index contributed by atoms with van der Waals surface area (Å²) in [4.78, 5) is 49.7. The number of rotatable bonds is 7. The summed E-state index contributed by atoms with van der Waals surface area (Å²) in [6, 6.07) is 11.5. The number of nitrogens with one attached hydrogen (secondary N) is 1. The van der Waals surface area contributed by atoms with Crippen molar-refractivity contribution in [2.24, 2.45) is 5.92 Å². The molecule has 1 atom stereocenters. The van der Waals surface area contributed by atoms with E-state index in [1.54, 1.807) is 31.2 Å². The molecule has 162 valence electrons. The number of carbonyl (C=O) groups is 4. The van der Waals surface area contributed by atoms with Crippen LogP contribution in [0.2, 0.25) is 0 Å². The Hall–Kier alpha value is -3.75. The van der Waals surface area contributed by atoms with E-state index in [9.17, 15) is 23.6 Å². The second kappa shape index (κ2) is 9.84. The van der Waals surface area contributed by atoms with Gasteiger partial charge >= 0.3 is 11.9 Å². The second-order valence-electron chi connectivity index (χ2n) is 6.84. The summed E-state index contributed by atoms with van der Waals surface area (Å²) in [6.45, 7) is 1.56. The predicted octanol–water partition coefficient (Wildman–Crippen LogP) is 2.54. The smallest absolute Gasteiger partial charge is 0.338 e. The summed E-state index contributed by atoms with van der Waals surface area (Å²) in [7, 11) is 0. The Morgan fingerprint density at radius 1 is 1.06 bits per heavy atom. The van der Waals surface area contributed by atoms with Crippen molar-refractivity contribution < 1.29 is 33.0 Å². The molecule has 1 fully saturated rings. The van der Waals surface area contributed by atoms with Crippen molar-refractivity contribution in [1.82, 2.24) is 0 Å². The summed E-state index contributed by atoms with van der Waals surface area (Å²) in [5.41, 5.74) is 1.28. The van der Waals surface area contributed by atoms with Crippen LogP contribution < -0.4 is 10.2 Å². The fourth-order valence-corrected chi connectivity index (χ4v) is 3.09. The van der Waals surface area contributed by atoms with E-state index in [0.717, 1.165) is 0 Å². The molecule has 1 N–H and O–H groups in total. The summed E-state index contributed by atoms with van der Waals surface area (Å²) in [5, 5.41) is 2.48. The molecule has 2 aromatic carbocycles. The Balaban J connectivity index is 1.52. The Kier molecular flexibility index (Phi) is 6.96. The number of hydrogen-bond acceptors (Lipinski definition) is 6. The summed E-state index contributed by atoms with van der Waals surface area (Å²) in [6.07, 6.45) is -0.0436. The minimum atomic E-state index is -0.712. The molecule has 1 heterocycles. The van der Waals surface area contributed by atoms with Crippen LogP contribution in [0.15, 0.2) is 48.5 Å². The first-order valence-electron chi connectivity index (χ1n) is 9.67. The van der Waals surface area contributed by atoms with Gasteiger partial charge in [0.2, 0.25) is 5.91 Å². The Morgan fingerprint density at radius 2 is 1.74 bits per heavy atom. The van der Waals surface area contributed by atoms with Crippen molar-refractivity contribution in [3.8, 4) is 0 Å². The van der Waals surface area contributed by atoms with Gasteiger partial charge < -0.3 is 19.7 Å². The van der Waals surface area contributed by atoms with E-state index in [4.69, 9.17) is 9.47 Å². The Morgan fingerprint density at radius 3 is 2.39 bits per heavy atom. The molecular formula is C22H21FN2O6. The number of carbonyl (C=O) groups excluding carboxylic acids is 4. The molecule has 0 radical (unpaired) electrons. The molecule has 0 aromatic heterocycles. The maximum Gasteiger partial charge on any atom is 0.338 e. The third kappa shape index (κ3) is 5.65. The van der Waals surface area contributed by atoms with E-state index in [-0.39, 0.29) is 25.5 Å². The molecule has 8 nitrogen and oxygen atoms in total. The van der Waals surface area contributed by atoms with Crippen molar-refractivity contribution in [2.75, 3.05) is 30.0 Å². The second-order valence-corrected chi connectivity index (χ2v) is 6.84. The lowest BCUT2D eigenvalue weighted by Crippen LogP contribution is -2.28. The normalized spacial score (nSPS) is 15.5. The van der Waals surface area contributed by atoms with Crippen LogP contribution in [0.3, 0.4) is 0 Å². The minimum absolute atomic E-state index is 0.0436.